The van der Waals surface area contributed by atoms with Gasteiger partial charge in [-0.2, -0.15) is 0 Å². The lowest BCUT2D eigenvalue weighted by Gasteiger charge is -2.50. The quantitative estimate of drug-likeness (QED) is 0.652. The van der Waals surface area contributed by atoms with E-state index in [1.165, 1.54) is 25.7 Å². The lowest BCUT2D eigenvalue weighted by Crippen LogP contribution is -2.54. The molecule has 2 N–H and O–H groups in total. The first kappa shape index (κ1) is 15.0. The molecule has 1 nitrogen and oxygen atoms in total. The topological polar surface area (TPSA) is 26.0 Å². The Morgan fingerprint density at radius 1 is 0.867 bits per heavy atom. The fraction of sp³-hybridized carbons (Fsp3) is 1.00. The molecule has 0 aromatic rings. The monoisotopic (exact) mass is 213 g/mol. The Morgan fingerprint density at radius 3 is 1.67 bits per heavy atom. The van der Waals surface area contributed by atoms with Crippen molar-refractivity contribution in [2.24, 2.45) is 16.6 Å². The molecule has 1 heteroatoms. The van der Waals surface area contributed by atoms with Crippen molar-refractivity contribution in [2.75, 3.05) is 0 Å². The van der Waals surface area contributed by atoms with Crippen LogP contribution in [0.3, 0.4) is 0 Å². The minimum Gasteiger partial charge on any atom is -0.325 e. The van der Waals surface area contributed by atoms with E-state index in [1.807, 2.05) is 0 Å². The van der Waals surface area contributed by atoms with E-state index in [9.17, 15) is 0 Å². The number of hydrogen-bond donors (Lipinski definition) is 1. The van der Waals surface area contributed by atoms with Crippen molar-refractivity contribution in [3.8, 4) is 0 Å². The molecule has 0 bridgehead atoms. The van der Waals surface area contributed by atoms with Gasteiger partial charge in [-0.3, -0.25) is 0 Å². The third kappa shape index (κ3) is 3.48. The zero-order valence-corrected chi connectivity index (χ0v) is 11.9. The van der Waals surface area contributed by atoms with E-state index in [1.54, 1.807) is 0 Å². The zero-order chi connectivity index (χ0) is 12.3. The highest BCUT2D eigenvalue weighted by Gasteiger charge is 2.45. The average molecular weight is 213 g/mol. The Balaban J connectivity index is 4.56. The van der Waals surface area contributed by atoms with Crippen molar-refractivity contribution >= 4 is 0 Å². The fourth-order valence-electron chi connectivity index (χ4n) is 2.00. The second-order valence-corrected chi connectivity index (χ2v) is 6.69. The van der Waals surface area contributed by atoms with Crippen molar-refractivity contribution in [3.05, 3.63) is 0 Å². The Hall–Kier alpha value is -0.0400. The fourth-order valence-corrected chi connectivity index (χ4v) is 2.00. The summed E-state index contributed by atoms with van der Waals surface area (Å²) in [7, 11) is 0. The normalized spacial score (nSPS) is 14.4. The molecule has 0 rings (SSSR count). The summed E-state index contributed by atoms with van der Waals surface area (Å²) in [6.45, 7) is 15.9. The van der Waals surface area contributed by atoms with Crippen LogP contribution in [0.1, 0.15) is 74.1 Å². The molecule has 0 atom stereocenters. The smallest absolute Gasteiger partial charge is 0.0154 e. The van der Waals surface area contributed by atoms with Gasteiger partial charge < -0.3 is 5.73 Å². The molecule has 15 heavy (non-hydrogen) atoms. The van der Waals surface area contributed by atoms with Crippen molar-refractivity contribution in [1.82, 2.24) is 0 Å². The molecule has 0 amide bonds. The Kier molecular flexibility index (Phi) is 4.85. The van der Waals surface area contributed by atoms with Crippen molar-refractivity contribution in [1.29, 1.82) is 0 Å². The highest BCUT2D eigenvalue weighted by atomic mass is 14.8. The lowest BCUT2D eigenvalue weighted by molar-refractivity contribution is 0.0259. The molecule has 0 radical (unpaired) electrons. The van der Waals surface area contributed by atoms with Crippen LogP contribution in [0.15, 0.2) is 0 Å². The number of hydrogen-bond acceptors (Lipinski definition) is 1. The van der Waals surface area contributed by atoms with Gasteiger partial charge in [0.2, 0.25) is 0 Å². The van der Waals surface area contributed by atoms with Gasteiger partial charge in [-0.1, -0.05) is 53.9 Å². The summed E-state index contributed by atoms with van der Waals surface area (Å²) in [5.41, 5.74) is 6.65. The van der Waals surface area contributed by atoms with E-state index in [-0.39, 0.29) is 11.0 Å². The number of unbranched alkanes of at least 4 members (excludes halogenated alkanes) is 2. The maximum Gasteiger partial charge on any atom is 0.0154 e. The number of rotatable bonds is 6. The van der Waals surface area contributed by atoms with Crippen LogP contribution in [0.4, 0.5) is 0 Å². The zero-order valence-electron chi connectivity index (χ0n) is 11.9. The lowest BCUT2D eigenvalue weighted by atomic mass is 9.57. The minimum absolute atomic E-state index is 0.122. The molecule has 0 aliphatic carbocycles. The first-order chi connectivity index (χ1) is 6.56. The van der Waals surface area contributed by atoms with Gasteiger partial charge in [0, 0.05) is 5.54 Å². The van der Waals surface area contributed by atoms with Crippen LogP contribution in [0, 0.1) is 10.8 Å². The summed E-state index contributed by atoms with van der Waals surface area (Å²) in [4.78, 5) is 0. The van der Waals surface area contributed by atoms with E-state index in [0.29, 0.717) is 5.41 Å². The molecule has 92 valence electrons. The molecule has 0 fully saturated rings. The molecular formula is C14H31N. The first-order valence-corrected chi connectivity index (χ1v) is 6.35. The third-order valence-electron chi connectivity index (χ3n) is 4.71. The summed E-state index contributed by atoms with van der Waals surface area (Å²) >= 11 is 0. The summed E-state index contributed by atoms with van der Waals surface area (Å²) in [5, 5.41) is 0. The third-order valence-corrected chi connectivity index (χ3v) is 4.71. The van der Waals surface area contributed by atoms with Crippen molar-refractivity contribution < 1.29 is 0 Å². The van der Waals surface area contributed by atoms with E-state index in [2.05, 4.69) is 48.5 Å². The average Bonchev–Trinajstić information content (AvgIpc) is 2.02. The molecular weight excluding hydrogens is 182 g/mol. The van der Waals surface area contributed by atoms with Gasteiger partial charge in [-0.15, -0.1) is 0 Å². The minimum atomic E-state index is -0.122. The maximum atomic E-state index is 6.30. The second kappa shape index (κ2) is 4.86. The highest BCUT2D eigenvalue weighted by Crippen LogP contribution is 2.48. The first-order valence-electron chi connectivity index (χ1n) is 6.35. The SMILES string of the molecule is CCCCCC(C)(C)C(C)(C)C(C)(C)N. The van der Waals surface area contributed by atoms with Gasteiger partial charge >= 0.3 is 0 Å². The standard InChI is InChI=1S/C14H31N/c1-8-9-10-11-12(2,3)13(4,5)14(6,7)15/h8-11,15H2,1-7H3. The second-order valence-electron chi connectivity index (χ2n) is 6.69. The van der Waals surface area contributed by atoms with Crippen LogP contribution >= 0.6 is 0 Å². The van der Waals surface area contributed by atoms with Crippen LogP contribution < -0.4 is 5.73 Å². The molecule has 0 aliphatic rings. The summed E-state index contributed by atoms with van der Waals surface area (Å²) in [5.74, 6) is 0. The van der Waals surface area contributed by atoms with Gasteiger partial charge in [0.1, 0.15) is 0 Å². The van der Waals surface area contributed by atoms with E-state index in [0.717, 1.165) is 0 Å². The van der Waals surface area contributed by atoms with Crippen LogP contribution in [0.5, 0.6) is 0 Å². The Morgan fingerprint density at radius 2 is 1.33 bits per heavy atom. The van der Waals surface area contributed by atoms with E-state index >= 15 is 0 Å². The molecule has 0 aromatic heterocycles. The molecule has 0 saturated carbocycles. The molecule has 0 unspecified atom stereocenters. The van der Waals surface area contributed by atoms with Crippen LogP contribution in [-0.2, 0) is 0 Å². The van der Waals surface area contributed by atoms with Gasteiger partial charge in [0.15, 0.2) is 0 Å². The molecule has 0 spiro atoms. The largest absolute Gasteiger partial charge is 0.325 e. The summed E-state index contributed by atoms with van der Waals surface area (Å²) < 4.78 is 0. The molecule has 0 aromatic carbocycles. The molecule has 0 heterocycles. The van der Waals surface area contributed by atoms with E-state index < -0.39 is 0 Å². The van der Waals surface area contributed by atoms with Crippen LogP contribution in [0.2, 0.25) is 0 Å². The van der Waals surface area contributed by atoms with Crippen molar-refractivity contribution in [3.63, 3.8) is 0 Å². The molecule has 0 aliphatic heterocycles. The van der Waals surface area contributed by atoms with E-state index in [4.69, 9.17) is 5.73 Å². The van der Waals surface area contributed by atoms with Gasteiger partial charge in [-0.25, -0.2) is 0 Å². The van der Waals surface area contributed by atoms with Crippen molar-refractivity contribution in [2.45, 2.75) is 79.7 Å². The Labute approximate surface area is 96.8 Å². The van der Waals surface area contributed by atoms with Crippen LogP contribution in [0.25, 0.3) is 0 Å². The predicted octanol–water partition coefficient (Wildman–Crippen LogP) is 4.36. The van der Waals surface area contributed by atoms with Gasteiger partial charge in [0.05, 0.1) is 0 Å². The predicted molar refractivity (Wildman–Crippen MR) is 70.0 cm³/mol. The summed E-state index contributed by atoms with van der Waals surface area (Å²) in [6.07, 6.45) is 5.23. The molecule has 0 saturated heterocycles. The highest BCUT2D eigenvalue weighted by molar-refractivity contribution is 4.99. The summed E-state index contributed by atoms with van der Waals surface area (Å²) in [6, 6.07) is 0. The van der Waals surface area contributed by atoms with Crippen LogP contribution in [-0.4, -0.2) is 5.54 Å². The van der Waals surface area contributed by atoms with Gasteiger partial charge in [-0.05, 0) is 31.1 Å². The Bertz CT molecular complexity index is 184. The van der Waals surface area contributed by atoms with Gasteiger partial charge in [0.25, 0.3) is 0 Å². The number of nitrogens with two attached hydrogens (primary N) is 1. The maximum absolute atomic E-state index is 6.30.